The van der Waals surface area contributed by atoms with Crippen LogP contribution in [0.3, 0.4) is 0 Å². The molecule has 0 fully saturated rings. The summed E-state index contributed by atoms with van der Waals surface area (Å²) in [6.45, 7) is 1.72. The summed E-state index contributed by atoms with van der Waals surface area (Å²) in [5.41, 5.74) is 0.718. The fourth-order valence-electron chi connectivity index (χ4n) is 1.69. The number of hydrogen-bond donors (Lipinski definition) is 1. The predicted octanol–water partition coefficient (Wildman–Crippen LogP) is 4.19. The molecular formula is C13H11BrCl2N2O2S. The molecule has 0 amide bonds. The van der Waals surface area contributed by atoms with E-state index in [0.717, 1.165) is 5.56 Å². The Morgan fingerprint density at radius 3 is 2.52 bits per heavy atom. The third-order valence-corrected chi connectivity index (χ3v) is 5.45. The zero-order valence-electron chi connectivity index (χ0n) is 10.8. The minimum atomic E-state index is -3.67. The summed E-state index contributed by atoms with van der Waals surface area (Å²) in [7, 11) is -3.67. The van der Waals surface area contributed by atoms with Gasteiger partial charge < -0.3 is 0 Å². The van der Waals surface area contributed by atoms with E-state index < -0.39 is 16.1 Å². The van der Waals surface area contributed by atoms with Crippen LogP contribution in [0.4, 0.5) is 0 Å². The van der Waals surface area contributed by atoms with Crippen LogP contribution in [0.2, 0.25) is 10.0 Å². The summed E-state index contributed by atoms with van der Waals surface area (Å²) in [6, 6.07) is 6.02. The molecule has 2 rings (SSSR count). The number of hydrogen-bond acceptors (Lipinski definition) is 3. The van der Waals surface area contributed by atoms with Crippen molar-refractivity contribution in [3.8, 4) is 0 Å². The molecule has 1 aromatic carbocycles. The van der Waals surface area contributed by atoms with E-state index in [9.17, 15) is 8.42 Å². The summed E-state index contributed by atoms with van der Waals surface area (Å²) in [6.07, 6.45) is 2.80. The first-order valence-corrected chi connectivity index (χ1v) is 8.90. The molecule has 0 aliphatic rings. The van der Waals surface area contributed by atoms with E-state index in [2.05, 4.69) is 25.6 Å². The number of rotatable bonds is 4. The van der Waals surface area contributed by atoms with Gasteiger partial charge in [-0.2, -0.15) is 0 Å². The summed E-state index contributed by atoms with van der Waals surface area (Å²) in [4.78, 5) is 3.94. The van der Waals surface area contributed by atoms with Crippen molar-refractivity contribution in [3.05, 3.63) is 56.7 Å². The van der Waals surface area contributed by atoms with Crippen LogP contribution in [0, 0.1) is 0 Å². The van der Waals surface area contributed by atoms with Gasteiger partial charge in [0.15, 0.2) is 0 Å². The lowest BCUT2D eigenvalue weighted by Gasteiger charge is -2.15. The van der Waals surface area contributed by atoms with Gasteiger partial charge >= 0.3 is 0 Å². The first kappa shape index (κ1) is 16.7. The van der Waals surface area contributed by atoms with E-state index in [4.69, 9.17) is 23.2 Å². The Morgan fingerprint density at radius 1 is 1.19 bits per heavy atom. The number of halogens is 3. The number of sulfonamides is 1. The summed E-state index contributed by atoms with van der Waals surface area (Å²) in [5, 5.41) is 0.802. The van der Waals surface area contributed by atoms with E-state index in [1.165, 1.54) is 18.5 Å². The quantitative estimate of drug-likeness (QED) is 0.823. The Bertz CT molecular complexity index is 769. The molecule has 1 heterocycles. The van der Waals surface area contributed by atoms with Gasteiger partial charge in [0.25, 0.3) is 0 Å². The molecule has 112 valence electrons. The minimum absolute atomic E-state index is 0.0868. The molecule has 0 aliphatic carbocycles. The predicted molar refractivity (Wildman–Crippen MR) is 87.1 cm³/mol. The molecule has 0 saturated carbocycles. The van der Waals surface area contributed by atoms with Gasteiger partial charge in [0.1, 0.15) is 4.90 Å². The highest BCUT2D eigenvalue weighted by Crippen LogP contribution is 2.26. The van der Waals surface area contributed by atoms with Crippen LogP contribution in [0.25, 0.3) is 0 Å². The number of aromatic nitrogens is 1. The highest BCUT2D eigenvalue weighted by molar-refractivity contribution is 9.10. The van der Waals surface area contributed by atoms with Crippen LogP contribution in [0.15, 0.2) is 46.0 Å². The van der Waals surface area contributed by atoms with E-state index in [-0.39, 0.29) is 4.90 Å². The minimum Gasteiger partial charge on any atom is -0.262 e. The molecule has 4 nitrogen and oxygen atoms in total. The molecular weight excluding hydrogens is 399 g/mol. The Morgan fingerprint density at radius 2 is 1.90 bits per heavy atom. The molecule has 1 atom stereocenters. The van der Waals surface area contributed by atoms with Crippen molar-refractivity contribution in [3.63, 3.8) is 0 Å². The molecule has 21 heavy (non-hydrogen) atoms. The number of pyridine rings is 1. The average molecular weight is 410 g/mol. The maximum absolute atomic E-state index is 12.3. The Balaban J connectivity index is 2.25. The van der Waals surface area contributed by atoms with Crippen LogP contribution >= 0.6 is 39.1 Å². The van der Waals surface area contributed by atoms with Crippen molar-refractivity contribution in [1.82, 2.24) is 9.71 Å². The lowest BCUT2D eigenvalue weighted by Crippen LogP contribution is -2.27. The van der Waals surface area contributed by atoms with Crippen LogP contribution in [0.1, 0.15) is 18.5 Å². The molecule has 2 aromatic rings. The van der Waals surface area contributed by atoms with Gasteiger partial charge in [-0.25, -0.2) is 13.1 Å². The SMILES string of the molecule is CC(NS(=O)(=O)c1cncc(Br)c1)c1ccc(Cl)c(Cl)c1. The fourth-order valence-corrected chi connectivity index (χ4v) is 3.73. The van der Waals surface area contributed by atoms with E-state index in [1.807, 2.05) is 0 Å². The van der Waals surface area contributed by atoms with Gasteiger partial charge in [-0.05, 0) is 46.6 Å². The second kappa shape index (κ2) is 6.62. The number of nitrogens with one attached hydrogen (secondary N) is 1. The Kier molecular flexibility index (Phi) is 5.27. The standard InChI is InChI=1S/C13H11BrCl2N2O2S/c1-8(9-2-3-12(15)13(16)4-9)18-21(19,20)11-5-10(14)6-17-7-11/h2-8,18H,1H3. The Labute approximate surface area is 141 Å². The van der Waals surface area contributed by atoms with E-state index in [1.54, 1.807) is 25.1 Å². The second-order valence-corrected chi connectivity index (χ2v) is 7.80. The largest absolute Gasteiger partial charge is 0.262 e. The van der Waals surface area contributed by atoms with Crippen LogP contribution in [0.5, 0.6) is 0 Å². The maximum atomic E-state index is 12.3. The van der Waals surface area contributed by atoms with Crippen LogP contribution in [-0.2, 0) is 10.0 Å². The Hall–Kier alpha value is -0.660. The number of benzene rings is 1. The van der Waals surface area contributed by atoms with E-state index >= 15 is 0 Å². The zero-order valence-corrected chi connectivity index (χ0v) is 14.8. The molecule has 0 aliphatic heterocycles. The monoisotopic (exact) mass is 408 g/mol. The lowest BCUT2D eigenvalue weighted by molar-refractivity contribution is 0.566. The zero-order chi connectivity index (χ0) is 15.6. The number of nitrogens with zero attached hydrogens (tertiary/aromatic N) is 1. The maximum Gasteiger partial charge on any atom is 0.242 e. The average Bonchev–Trinajstić information content (AvgIpc) is 2.41. The molecule has 0 saturated heterocycles. The highest BCUT2D eigenvalue weighted by Gasteiger charge is 2.19. The van der Waals surface area contributed by atoms with Gasteiger partial charge in [0.05, 0.1) is 10.0 Å². The molecule has 1 aromatic heterocycles. The summed E-state index contributed by atoms with van der Waals surface area (Å²) in [5.74, 6) is 0. The van der Waals surface area contributed by atoms with Crippen LogP contribution < -0.4 is 4.72 Å². The lowest BCUT2D eigenvalue weighted by atomic mass is 10.1. The normalized spacial score (nSPS) is 13.1. The third-order valence-electron chi connectivity index (χ3n) is 2.77. The molecule has 0 spiro atoms. The van der Waals surface area contributed by atoms with Crippen LogP contribution in [-0.4, -0.2) is 13.4 Å². The van der Waals surface area contributed by atoms with Gasteiger partial charge in [-0.15, -0.1) is 0 Å². The third kappa shape index (κ3) is 4.17. The van der Waals surface area contributed by atoms with Crippen molar-refractivity contribution >= 4 is 49.2 Å². The van der Waals surface area contributed by atoms with Gasteiger partial charge in [-0.1, -0.05) is 29.3 Å². The summed E-state index contributed by atoms with van der Waals surface area (Å²) < 4.78 is 27.7. The first-order chi connectivity index (χ1) is 9.79. The highest BCUT2D eigenvalue weighted by atomic mass is 79.9. The van der Waals surface area contributed by atoms with E-state index in [0.29, 0.717) is 14.5 Å². The summed E-state index contributed by atoms with van der Waals surface area (Å²) >= 11 is 15.0. The van der Waals surface area contributed by atoms with Gasteiger partial charge in [0, 0.05) is 22.9 Å². The van der Waals surface area contributed by atoms with Crippen molar-refractivity contribution in [2.45, 2.75) is 17.9 Å². The van der Waals surface area contributed by atoms with Crippen molar-refractivity contribution < 1.29 is 8.42 Å². The van der Waals surface area contributed by atoms with Crippen molar-refractivity contribution in [2.24, 2.45) is 0 Å². The molecule has 8 heteroatoms. The van der Waals surface area contributed by atoms with Gasteiger partial charge in [-0.3, -0.25) is 4.98 Å². The first-order valence-electron chi connectivity index (χ1n) is 5.87. The van der Waals surface area contributed by atoms with Gasteiger partial charge in [0.2, 0.25) is 10.0 Å². The molecule has 1 unspecified atom stereocenters. The second-order valence-electron chi connectivity index (χ2n) is 4.36. The van der Waals surface area contributed by atoms with Crippen molar-refractivity contribution in [1.29, 1.82) is 0 Å². The topological polar surface area (TPSA) is 59.1 Å². The van der Waals surface area contributed by atoms with Crippen molar-refractivity contribution in [2.75, 3.05) is 0 Å². The molecule has 1 N–H and O–H groups in total. The fraction of sp³-hybridized carbons (Fsp3) is 0.154. The smallest absolute Gasteiger partial charge is 0.242 e. The molecule has 0 bridgehead atoms. The molecule has 0 radical (unpaired) electrons.